The van der Waals surface area contributed by atoms with E-state index in [2.05, 4.69) is 10.6 Å². The molecule has 8 heteroatoms. The maximum Gasteiger partial charge on any atom is 0.338 e. The van der Waals surface area contributed by atoms with E-state index in [-0.39, 0.29) is 30.5 Å². The lowest BCUT2D eigenvalue weighted by Crippen LogP contribution is -2.45. The molecular formula is C24H27FN2O5. The number of hydrogen-bond acceptors (Lipinski definition) is 5. The summed E-state index contributed by atoms with van der Waals surface area (Å²) in [5, 5.41) is 5.42. The zero-order valence-electron chi connectivity index (χ0n) is 18.5. The summed E-state index contributed by atoms with van der Waals surface area (Å²) in [4.78, 5) is 25.2. The quantitative estimate of drug-likeness (QED) is 0.598. The molecule has 2 aromatic carbocycles. The molecular weight excluding hydrogens is 415 g/mol. The Kier molecular flexibility index (Phi) is 7.35. The number of halogens is 1. The molecule has 0 spiro atoms. The molecule has 170 valence electrons. The van der Waals surface area contributed by atoms with Gasteiger partial charge >= 0.3 is 12.0 Å². The van der Waals surface area contributed by atoms with Crippen molar-refractivity contribution in [3.8, 4) is 11.5 Å². The van der Waals surface area contributed by atoms with Crippen molar-refractivity contribution in [1.29, 1.82) is 0 Å². The van der Waals surface area contributed by atoms with E-state index in [0.717, 1.165) is 5.56 Å². The van der Waals surface area contributed by atoms with E-state index < -0.39 is 18.0 Å². The van der Waals surface area contributed by atoms with Gasteiger partial charge in [0.25, 0.3) is 0 Å². The Hall–Kier alpha value is -3.55. The van der Waals surface area contributed by atoms with E-state index in [1.165, 1.54) is 19.2 Å². The molecule has 3 rings (SSSR count). The number of para-hydroxylation sites is 1. The van der Waals surface area contributed by atoms with Crippen LogP contribution in [-0.2, 0) is 16.1 Å². The van der Waals surface area contributed by atoms with Crippen LogP contribution in [0.4, 0.5) is 9.18 Å². The minimum atomic E-state index is -0.804. The topological polar surface area (TPSA) is 85.9 Å². The zero-order valence-corrected chi connectivity index (χ0v) is 18.5. The van der Waals surface area contributed by atoms with Crippen LogP contribution in [-0.4, -0.2) is 25.7 Å². The Morgan fingerprint density at radius 2 is 1.88 bits per heavy atom. The van der Waals surface area contributed by atoms with Gasteiger partial charge in [-0.25, -0.2) is 14.0 Å². The maximum absolute atomic E-state index is 13.2. The molecule has 1 aliphatic rings. The number of urea groups is 1. The number of benzene rings is 2. The number of esters is 1. The van der Waals surface area contributed by atoms with Crippen LogP contribution >= 0.6 is 0 Å². The van der Waals surface area contributed by atoms with Crippen LogP contribution in [0, 0.1) is 11.7 Å². The van der Waals surface area contributed by atoms with Crippen LogP contribution in [0.2, 0.25) is 0 Å². The fraction of sp³-hybridized carbons (Fsp3) is 0.333. The van der Waals surface area contributed by atoms with E-state index in [1.807, 2.05) is 13.8 Å². The summed E-state index contributed by atoms with van der Waals surface area (Å²) in [6.07, 6.45) is 0. The molecule has 0 saturated carbocycles. The number of rotatable bonds is 8. The molecule has 0 bridgehead atoms. The van der Waals surface area contributed by atoms with Crippen molar-refractivity contribution >= 4 is 12.0 Å². The van der Waals surface area contributed by atoms with Crippen LogP contribution in [0.1, 0.15) is 37.9 Å². The van der Waals surface area contributed by atoms with Gasteiger partial charge in [-0.1, -0.05) is 38.1 Å². The van der Waals surface area contributed by atoms with Gasteiger partial charge in [-0.2, -0.15) is 0 Å². The molecule has 1 unspecified atom stereocenters. The van der Waals surface area contributed by atoms with E-state index in [4.69, 9.17) is 14.2 Å². The minimum absolute atomic E-state index is 0.141. The summed E-state index contributed by atoms with van der Waals surface area (Å²) in [7, 11) is 1.50. The van der Waals surface area contributed by atoms with Crippen molar-refractivity contribution in [3.05, 3.63) is 70.7 Å². The summed E-state index contributed by atoms with van der Waals surface area (Å²) < 4.78 is 30.2. The molecule has 0 aromatic heterocycles. The number of allylic oxidation sites excluding steroid dienone is 1. The number of methoxy groups -OCH3 is 1. The first kappa shape index (κ1) is 23.1. The van der Waals surface area contributed by atoms with Crippen LogP contribution in [0.3, 0.4) is 0 Å². The number of hydrogen-bond donors (Lipinski definition) is 2. The number of nitrogens with one attached hydrogen (secondary N) is 2. The Labute approximate surface area is 186 Å². The van der Waals surface area contributed by atoms with Crippen LogP contribution < -0.4 is 20.1 Å². The van der Waals surface area contributed by atoms with E-state index in [1.54, 1.807) is 37.3 Å². The second kappa shape index (κ2) is 10.2. The third kappa shape index (κ3) is 5.38. The standard InChI is InChI=1S/C24H27FN2O5/c1-14(2)12-32-23(28)20-15(3)26-24(29)27-21(20)18-6-5-7-19(30-4)22(18)31-13-16-8-10-17(25)11-9-16/h5-11,14,21H,12-13H2,1-4H3,(H2,26,27,29). The molecule has 32 heavy (non-hydrogen) atoms. The summed E-state index contributed by atoms with van der Waals surface area (Å²) in [5.41, 5.74) is 1.97. The molecule has 7 nitrogen and oxygen atoms in total. The molecule has 0 aliphatic carbocycles. The Balaban J connectivity index is 1.98. The molecule has 2 aromatic rings. The highest BCUT2D eigenvalue weighted by Crippen LogP contribution is 2.39. The van der Waals surface area contributed by atoms with Crippen molar-refractivity contribution in [2.45, 2.75) is 33.4 Å². The maximum atomic E-state index is 13.2. The first-order valence-corrected chi connectivity index (χ1v) is 10.3. The van der Waals surface area contributed by atoms with Crippen LogP contribution in [0.25, 0.3) is 0 Å². The fourth-order valence-corrected chi connectivity index (χ4v) is 3.33. The minimum Gasteiger partial charge on any atom is -0.493 e. The zero-order chi connectivity index (χ0) is 23.3. The van der Waals surface area contributed by atoms with Gasteiger partial charge in [0.1, 0.15) is 12.4 Å². The first-order chi connectivity index (χ1) is 15.3. The highest BCUT2D eigenvalue weighted by Gasteiger charge is 2.35. The van der Waals surface area contributed by atoms with Crippen molar-refractivity contribution in [2.75, 3.05) is 13.7 Å². The molecule has 1 heterocycles. The summed E-state index contributed by atoms with van der Waals surface area (Å²) >= 11 is 0. The average molecular weight is 442 g/mol. The fourth-order valence-electron chi connectivity index (χ4n) is 3.33. The summed E-state index contributed by atoms with van der Waals surface area (Å²) in [5.74, 6) is 0.101. The van der Waals surface area contributed by atoms with Gasteiger partial charge in [-0.3, -0.25) is 0 Å². The molecule has 0 fully saturated rings. The van der Waals surface area contributed by atoms with Gasteiger partial charge in [0, 0.05) is 11.3 Å². The first-order valence-electron chi connectivity index (χ1n) is 10.3. The van der Waals surface area contributed by atoms with Crippen molar-refractivity contribution in [3.63, 3.8) is 0 Å². The van der Waals surface area contributed by atoms with Crippen molar-refractivity contribution in [1.82, 2.24) is 10.6 Å². The molecule has 2 amide bonds. The Morgan fingerprint density at radius 1 is 1.16 bits per heavy atom. The van der Waals surface area contributed by atoms with Gasteiger partial charge in [0.05, 0.1) is 25.3 Å². The van der Waals surface area contributed by atoms with Crippen LogP contribution in [0.5, 0.6) is 11.5 Å². The third-order valence-corrected chi connectivity index (χ3v) is 4.87. The van der Waals surface area contributed by atoms with E-state index in [9.17, 15) is 14.0 Å². The average Bonchev–Trinajstić information content (AvgIpc) is 2.76. The lowest BCUT2D eigenvalue weighted by Gasteiger charge is -2.30. The Bertz CT molecular complexity index is 1020. The number of ether oxygens (including phenoxy) is 3. The molecule has 0 radical (unpaired) electrons. The lowest BCUT2D eigenvalue weighted by atomic mass is 9.94. The highest BCUT2D eigenvalue weighted by atomic mass is 19.1. The van der Waals surface area contributed by atoms with Crippen molar-refractivity contribution in [2.24, 2.45) is 5.92 Å². The predicted molar refractivity (Wildman–Crippen MR) is 117 cm³/mol. The second-order valence-corrected chi connectivity index (χ2v) is 7.86. The third-order valence-electron chi connectivity index (χ3n) is 4.87. The number of carbonyl (C=O) groups excluding carboxylic acids is 2. The largest absolute Gasteiger partial charge is 0.493 e. The van der Waals surface area contributed by atoms with Gasteiger partial charge in [-0.05, 0) is 36.6 Å². The highest BCUT2D eigenvalue weighted by molar-refractivity contribution is 5.95. The monoisotopic (exact) mass is 442 g/mol. The smallest absolute Gasteiger partial charge is 0.338 e. The number of carbonyl (C=O) groups is 2. The molecule has 0 saturated heterocycles. The van der Waals surface area contributed by atoms with Gasteiger partial charge in [0.15, 0.2) is 11.5 Å². The molecule has 1 atom stereocenters. The Morgan fingerprint density at radius 3 is 2.53 bits per heavy atom. The lowest BCUT2D eigenvalue weighted by molar-refractivity contribution is -0.140. The molecule has 2 N–H and O–H groups in total. The summed E-state index contributed by atoms with van der Waals surface area (Å²) in [6, 6.07) is 9.92. The van der Waals surface area contributed by atoms with E-state index in [0.29, 0.717) is 22.8 Å². The van der Waals surface area contributed by atoms with Gasteiger partial charge in [0.2, 0.25) is 0 Å². The SMILES string of the molecule is COc1cccc(C2NC(=O)NC(C)=C2C(=O)OCC(C)C)c1OCc1ccc(F)cc1. The summed E-state index contributed by atoms with van der Waals surface area (Å²) in [6.45, 7) is 5.92. The van der Waals surface area contributed by atoms with Crippen LogP contribution in [0.15, 0.2) is 53.7 Å². The van der Waals surface area contributed by atoms with Gasteiger partial charge in [-0.15, -0.1) is 0 Å². The molecule has 1 aliphatic heterocycles. The second-order valence-electron chi connectivity index (χ2n) is 7.86. The van der Waals surface area contributed by atoms with Crippen molar-refractivity contribution < 1.29 is 28.2 Å². The number of amides is 2. The van der Waals surface area contributed by atoms with E-state index >= 15 is 0 Å². The predicted octanol–water partition coefficient (Wildman–Crippen LogP) is 4.24. The van der Waals surface area contributed by atoms with Gasteiger partial charge < -0.3 is 24.8 Å². The normalized spacial score (nSPS) is 15.8.